The highest BCUT2D eigenvalue weighted by molar-refractivity contribution is 6.13. The number of hydrogen-bond donors (Lipinski definition) is 0. The predicted octanol–water partition coefficient (Wildman–Crippen LogP) is 25.0. The third kappa shape index (κ3) is 11.7. The molecule has 528 valence electrons. The van der Waals surface area contributed by atoms with Gasteiger partial charge in [0.2, 0.25) is 0 Å². The highest BCUT2D eigenvalue weighted by atomic mass is 14.8. The summed E-state index contributed by atoms with van der Waals surface area (Å²) >= 11 is 0. The average Bonchev–Trinajstić information content (AvgIpc) is 0.767. The predicted molar refractivity (Wildman–Crippen MR) is 465 cm³/mol. The van der Waals surface area contributed by atoms with Crippen LogP contribution in [0.15, 0.2) is 365 Å². The second kappa shape index (κ2) is 27.2. The number of fused-ring (bicyclic) bond motifs is 16. The van der Waals surface area contributed by atoms with Crippen molar-refractivity contribution in [2.24, 2.45) is 0 Å². The molecular weight excluding hydrogens is 1390 g/mol. The first-order chi connectivity index (χ1) is 56.4. The molecule has 0 radical (unpaired) electrons. The first-order valence-electron chi connectivity index (χ1n) is 37.9. The van der Waals surface area contributed by atoms with Crippen molar-refractivity contribution in [2.75, 3.05) is 0 Å². The van der Waals surface area contributed by atoms with Crippen molar-refractivity contribution in [3.05, 3.63) is 365 Å². The number of rotatable bonds is 9. The number of hydrogen-bond acceptors (Lipinski definition) is 12. The Morgan fingerprint density at radius 1 is 0.140 bits per heavy atom. The van der Waals surface area contributed by atoms with Crippen LogP contribution >= 0.6 is 0 Å². The van der Waals surface area contributed by atoms with Crippen LogP contribution in [0.5, 0.6) is 0 Å². The second-order valence-corrected chi connectivity index (χ2v) is 28.7. The van der Waals surface area contributed by atoms with Gasteiger partial charge in [-0.3, -0.25) is 29.9 Å². The molecule has 114 heavy (non-hydrogen) atoms. The van der Waals surface area contributed by atoms with Gasteiger partial charge in [0.05, 0.1) is 100 Å². The molecule has 12 heterocycles. The normalized spacial score (nSPS) is 11.7. The van der Waals surface area contributed by atoms with Gasteiger partial charge in [-0.1, -0.05) is 200 Å². The lowest BCUT2D eigenvalue weighted by Crippen LogP contribution is -1.91. The fraction of sp³-hybridized carbons (Fsp3) is 0. The molecule has 23 rings (SSSR count). The fourth-order valence-electron chi connectivity index (χ4n) is 16.1. The van der Waals surface area contributed by atoms with Crippen LogP contribution < -0.4 is 0 Å². The Labute approximate surface area is 652 Å². The minimum atomic E-state index is 0.884. The van der Waals surface area contributed by atoms with Gasteiger partial charge >= 0.3 is 0 Å². The molecule has 0 aliphatic heterocycles. The lowest BCUT2D eigenvalue weighted by atomic mass is 9.96. The highest BCUT2D eigenvalue weighted by Gasteiger charge is 2.19. The van der Waals surface area contributed by atoms with E-state index in [-0.39, 0.29) is 0 Å². The van der Waals surface area contributed by atoms with Crippen LogP contribution in [0.3, 0.4) is 0 Å². The summed E-state index contributed by atoms with van der Waals surface area (Å²) in [5, 5.41) is 12.8. The molecule has 0 fully saturated rings. The van der Waals surface area contributed by atoms with E-state index in [2.05, 4.69) is 293 Å². The summed E-state index contributed by atoms with van der Waals surface area (Å²) < 4.78 is 0. The fourth-order valence-corrected chi connectivity index (χ4v) is 16.1. The number of pyridine rings is 12. The molecule has 12 heteroatoms. The molecule has 0 N–H and O–H groups in total. The summed E-state index contributed by atoms with van der Waals surface area (Å²) in [7, 11) is 0. The standard InChI is InChI=1S/C54H32N6.C48H28N6/c1-2-6-33(7-3-1)46-23-19-37-15-16-38-20-24-47(60-53(38)52(37)59-46)35-12-10-34(11-13-35)45-26-22-41-30-39(21-25-48(41)57-45)40-17-14-36-18-27-49(58-50(36)32-40)44-31-42-8-4-28-55-51(42)54-43(44)9-5-29-56-54;1-5-35-26-39(37-7-3-23-51-47(37)45(35)49-21-1)29-9-11-30(12-10-29)41-19-17-34-25-32(16-18-42(34)53-41)33-14-13-31-15-20-43(54-44(31)28-33)40-27-36-6-2-22-50-46(36)48-38(40)8-4-24-52-48/h1-32H;1-28H. The van der Waals surface area contributed by atoms with Crippen LogP contribution in [-0.4, -0.2) is 59.8 Å². The van der Waals surface area contributed by atoms with Crippen molar-refractivity contribution in [2.45, 2.75) is 0 Å². The lowest BCUT2D eigenvalue weighted by Gasteiger charge is -2.11. The average molecular weight is 1450 g/mol. The number of nitrogens with zero attached hydrogens (tertiary/aromatic N) is 12. The summed E-state index contributed by atoms with van der Waals surface area (Å²) in [6.07, 6.45) is 10.9. The molecular formula is C102H60N12. The van der Waals surface area contributed by atoms with E-state index in [1.807, 2.05) is 91.8 Å². The number of aromatic nitrogens is 12. The maximum absolute atomic E-state index is 5.19. The minimum absolute atomic E-state index is 0.884. The zero-order valence-electron chi connectivity index (χ0n) is 61.0. The van der Waals surface area contributed by atoms with E-state index in [4.69, 9.17) is 39.9 Å². The first-order valence-corrected chi connectivity index (χ1v) is 37.9. The third-order valence-corrected chi connectivity index (χ3v) is 21.9. The van der Waals surface area contributed by atoms with Gasteiger partial charge in [-0.05, 0) is 161 Å². The third-order valence-electron chi connectivity index (χ3n) is 21.9. The van der Waals surface area contributed by atoms with Gasteiger partial charge in [0.1, 0.15) is 0 Å². The molecule has 0 aliphatic rings. The van der Waals surface area contributed by atoms with Crippen LogP contribution in [0.1, 0.15) is 0 Å². The zero-order chi connectivity index (χ0) is 75.2. The van der Waals surface area contributed by atoms with Crippen LogP contribution in [0.25, 0.3) is 232 Å². The van der Waals surface area contributed by atoms with Crippen molar-refractivity contribution < 1.29 is 0 Å². The molecule has 0 atom stereocenters. The van der Waals surface area contributed by atoms with Crippen LogP contribution in [0, 0.1) is 0 Å². The van der Waals surface area contributed by atoms with Crippen molar-refractivity contribution in [1.29, 1.82) is 0 Å². The molecule has 12 aromatic heterocycles. The Morgan fingerprint density at radius 2 is 0.439 bits per heavy atom. The van der Waals surface area contributed by atoms with Gasteiger partial charge in [-0.2, -0.15) is 0 Å². The highest BCUT2D eigenvalue weighted by Crippen LogP contribution is 2.40. The molecule has 0 bridgehead atoms. The van der Waals surface area contributed by atoms with Crippen molar-refractivity contribution in [1.82, 2.24) is 59.8 Å². The topological polar surface area (TPSA) is 155 Å². The van der Waals surface area contributed by atoms with E-state index in [1.165, 1.54) is 0 Å². The Kier molecular flexibility index (Phi) is 15.6. The first kappa shape index (κ1) is 65.4. The molecule has 0 aliphatic carbocycles. The van der Waals surface area contributed by atoms with Gasteiger partial charge in [0.25, 0.3) is 0 Å². The molecule has 0 amide bonds. The molecule has 0 spiro atoms. The minimum Gasteiger partial charge on any atom is -0.254 e. The maximum Gasteiger partial charge on any atom is 0.0972 e. The smallest absolute Gasteiger partial charge is 0.0972 e. The van der Waals surface area contributed by atoms with E-state index in [0.29, 0.717) is 0 Å². The van der Waals surface area contributed by atoms with E-state index in [0.717, 1.165) is 232 Å². The largest absolute Gasteiger partial charge is 0.254 e. The van der Waals surface area contributed by atoms with E-state index in [9.17, 15) is 0 Å². The Hall–Kier alpha value is -15.7. The Bertz CT molecular complexity index is 7870. The molecule has 12 nitrogen and oxygen atoms in total. The Balaban J connectivity index is 0.000000140. The van der Waals surface area contributed by atoms with Crippen LogP contribution in [-0.2, 0) is 0 Å². The van der Waals surface area contributed by atoms with E-state index < -0.39 is 0 Å². The quantitative estimate of drug-likeness (QED) is 0.126. The van der Waals surface area contributed by atoms with Crippen molar-refractivity contribution >= 4 is 131 Å². The van der Waals surface area contributed by atoms with E-state index >= 15 is 0 Å². The summed E-state index contributed by atoms with van der Waals surface area (Å²) in [6.45, 7) is 0. The summed E-state index contributed by atoms with van der Waals surface area (Å²) in [5.41, 5.74) is 29.6. The van der Waals surface area contributed by atoms with Gasteiger partial charge in [-0.25, -0.2) is 29.9 Å². The van der Waals surface area contributed by atoms with Gasteiger partial charge in [-0.15, -0.1) is 0 Å². The van der Waals surface area contributed by atoms with Gasteiger partial charge < -0.3 is 0 Å². The lowest BCUT2D eigenvalue weighted by molar-refractivity contribution is 1.36. The summed E-state index contributed by atoms with van der Waals surface area (Å²) in [6, 6.07) is 114. The monoisotopic (exact) mass is 1450 g/mol. The molecule has 11 aromatic carbocycles. The number of benzene rings is 11. The van der Waals surface area contributed by atoms with Gasteiger partial charge in [0.15, 0.2) is 0 Å². The summed E-state index contributed by atoms with van der Waals surface area (Å²) in [4.78, 5) is 58.7. The summed E-state index contributed by atoms with van der Waals surface area (Å²) in [5.74, 6) is 0. The Morgan fingerprint density at radius 3 is 0.877 bits per heavy atom. The zero-order valence-corrected chi connectivity index (χ0v) is 61.0. The molecule has 23 aromatic rings. The van der Waals surface area contributed by atoms with Crippen LogP contribution in [0.4, 0.5) is 0 Å². The van der Waals surface area contributed by atoms with Crippen molar-refractivity contribution in [3.8, 4) is 101 Å². The van der Waals surface area contributed by atoms with Gasteiger partial charge in [0, 0.05) is 135 Å². The SMILES string of the molecule is c1ccc(-c2ccc3ccc4ccc(-c5ccc(-c6ccc7cc(-c8ccc9ccc(-c%10cc%11cccnc%11c%11ncccc%10%11)nc9c8)ccc7n6)cc5)nc4c3n2)cc1.c1cnc2c(c1)cc(-c1ccc(-c3ccc4cc(-c5ccc6ccc(-c7cc8cccnc8c8ncccc78)nc6c5)ccc4n3)cc1)c1cccnc12. The molecule has 0 unspecified atom stereocenters. The van der Waals surface area contributed by atoms with Crippen LogP contribution in [0.2, 0.25) is 0 Å². The molecule has 0 saturated heterocycles. The molecule has 0 saturated carbocycles. The second-order valence-electron chi connectivity index (χ2n) is 28.7. The maximum atomic E-state index is 5.19. The van der Waals surface area contributed by atoms with E-state index in [1.54, 1.807) is 0 Å². The van der Waals surface area contributed by atoms with Crippen molar-refractivity contribution in [3.63, 3.8) is 0 Å².